The van der Waals surface area contributed by atoms with E-state index in [2.05, 4.69) is 22.4 Å². The number of hydrogen-bond acceptors (Lipinski definition) is 2. The van der Waals surface area contributed by atoms with Crippen molar-refractivity contribution in [1.82, 2.24) is 14.9 Å². The quantitative estimate of drug-likeness (QED) is 0.320. The standard InChI is InChI=1S/C29H24ClN3O2/c30-25-11-12-27-26(16-25)24(17-31-27)18-32-29(35)23-5-3-4-22(15-23)14-20-7-9-21(10-8-20)19-33-13-2-1-6-28(33)34/h1-13,15-17,31H,14,18-19H2,(H,32,35). The predicted molar refractivity (Wildman–Crippen MR) is 140 cm³/mol. The fourth-order valence-electron chi connectivity index (χ4n) is 4.18. The smallest absolute Gasteiger partial charge is 0.251 e. The van der Waals surface area contributed by atoms with Crippen LogP contribution in [0.4, 0.5) is 0 Å². The molecule has 5 aromatic rings. The molecule has 0 bridgehead atoms. The zero-order valence-electron chi connectivity index (χ0n) is 19.0. The van der Waals surface area contributed by atoms with Crippen molar-refractivity contribution in [2.75, 3.05) is 0 Å². The number of nitrogens with zero attached hydrogens (tertiary/aromatic N) is 1. The largest absolute Gasteiger partial charge is 0.361 e. The van der Waals surface area contributed by atoms with E-state index < -0.39 is 0 Å². The van der Waals surface area contributed by atoms with Crippen LogP contribution in [0.2, 0.25) is 5.02 Å². The van der Waals surface area contributed by atoms with Crippen LogP contribution in [-0.4, -0.2) is 15.5 Å². The number of H-pyrrole nitrogens is 1. The van der Waals surface area contributed by atoms with Gasteiger partial charge in [0.05, 0.1) is 6.54 Å². The second kappa shape index (κ2) is 10.0. The SMILES string of the molecule is O=C(NCc1c[nH]c2ccc(Cl)cc12)c1cccc(Cc2ccc(Cn3ccccc3=O)cc2)c1. The Kier molecular flexibility index (Phi) is 6.51. The Labute approximate surface area is 208 Å². The molecule has 35 heavy (non-hydrogen) atoms. The molecular formula is C29H24ClN3O2. The van der Waals surface area contributed by atoms with Gasteiger partial charge in [-0.1, -0.05) is 54.1 Å². The molecule has 0 aliphatic carbocycles. The number of amides is 1. The van der Waals surface area contributed by atoms with Crippen molar-refractivity contribution in [2.24, 2.45) is 0 Å². The first-order valence-electron chi connectivity index (χ1n) is 11.4. The van der Waals surface area contributed by atoms with Gasteiger partial charge in [-0.25, -0.2) is 0 Å². The lowest BCUT2D eigenvalue weighted by Gasteiger charge is -2.09. The maximum Gasteiger partial charge on any atom is 0.251 e. The second-order valence-corrected chi connectivity index (χ2v) is 8.98. The summed E-state index contributed by atoms with van der Waals surface area (Å²) in [6.07, 6.45) is 4.41. The molecule has 5 rings (SSSR count). The molecule has 5 nitrogen and oxygen atoms in total. The highest BCUT2D eigenvalue weighted by Gasteiger charge is 2.10. The van der Waals surface area contributed by atoms with Gasteiger partial charge < -0.3 is 14.9 Å². The highest BCUT2D eigenvalue weighted by atomic mass is 35.5. The summed E-state index contributed by atoms with van der Waals surface area (Å²) in [5, 5.41) is 4.68. The topological polar surface area (TPSA) is 66.9 Å². The summed E-state index contributed by atoms with van der Waals surface area (Å²) >= 11 is 6.13. The Morgan fingerprint density at radius 1 is 0.886 bits per heavy atom. The maximum absolute atomic E-state index is 12.8. The average Bonchev–Trinajstić information content (AvgIpc) is 3.27. The van der Waals surface area contributed by atoms with Crippen molar-refractivity contribution < 1.29 is 4.79 Å². The molecule has 0 fully saturated rings. The van der Waals surface area contributed by atoms with Crippen LogP contribution in [0.1, 0.15) is 32.6 Å². The van der Waals surface area contributed by atoms with Crippen molar-refractivity contribution in [3.8, 4) is 0 Å². The van der Waals surface area contributed by atoms with Gasteiger partial charge in [-0.05, 0) is 65.1 Å². The van der Waals surface area contributed by atoms with Gasteiger partial charge in [0.1, 0.15) is 0 Å². The maximum atomic E-state index is 12.8. The van der Waals surface area contributed by atoms with Gasteiger partial charge in [0, 0.05) is 46.5 Å². The molecule has 0 aliphatic heterocycles. The average molecular weight is 482 g/mol. The minimum atomic E-state index is -0.119. The van der Waals surface area contributed by atoms with Crippen LogP contribution in [0.5, 0.6) is 0 Å². The Hall–Kier alpha value is -4.09. The number of pyridine rings is 1. The van der Waals surface area contributed by atoms with E-state index in [1.165, 1.54) is 0 Å². The van der Waals surface area contributed by atoms with E-state index in [4.69, 9.17) is 11.6 Å². The Morgan fingerprint density at radius 2 is 1.71 bits per heavy atom. The van der Waals surface area contributed by atoms with Gasteiger partial charge in [-0.15, -0.1) is 0 Å². The Bertz CT molecular complexity index is 1550. The van der Waals surface area contributed by atoms with Crippen molar-refractivity contribution in [1.29, 1.82) is 0 Å². The second-order valence-electron chi connectivity index (χ2n) is 8.55. The minimum absolute atomic E-state index is 0.0137. The molecule has 174 valence electrons. The number of rotatable bonds is 7. The number of hydrogen-bond donors (Lipinski definition) is 2. The number of fused-ring (bicyclic) bond motifs is 1. The molecule has 1 amide bonds. The first-order chi connectivity index (χ1) is 17.0. The molecule has 3 aromatic carbocycles. The monoisotopic (exact) mass is 481 g/mol. The predicted octanol–water partition coefficient (Wildman–Crippen LogP) is 5.55. The van der Waals surface area contributed by atoms with Crippen LogP contribution in [0.3, 0.4) is 0 Å². The van der Waals surface area contributed by atoms with Gasteiger partial charge in [0.2, 0.25) is 0 Å². The van der Waals surface area contributed by atoms with Gasteiger partial charge in [0.15, 0.2) is 0 Å². The molecule has 2 N–H and O–H groups in total. The van der Waals surface area contributed by atoms with E-state index in [0.717, 1.165) is 33.2 Å². The zero-order valence-corrected chi connectivity index (χ0v) is 19.8. The lowest BCUT2D eigenvalue weighted by molar-refractivity contribution is 0.0951. The molecule has 2 heterocycles. The summed E-state index contributed by atoms with van der Waals surface area (Å²) in [6, 6.07) is 26.7. The number of benzene rings is 3. The Balaban J connectivity index is 1.23. The molecule has 0 aliphatic rings. The third-order valence-electron chi connectivity index (χ3n) is 6.04. The van der Waals surface area contributed by atoms with Crippen molar-refractivity contribution in [2.45, 2.75) is 19.5 Å². The minimum Gasteiger partial charge on any atom is -0.361 e. The van der Waals surface area contributed by atoms with E-state index in [0.29, 0.717) is 30.1 Å². The summed E-state index contributed by atoms with van der Waals surface area (Å²) in [4.78, 5) is 28.0. The molecule has 0 radical (unpaired) electrons. The van der Waals surface area contributed by atoms with Crippen molar-refractivity contribution in [3.05, 3.63) is 141 Å². The number of carbonyl (C=O) groups is 1. The number of nitrogens with one attached hydrogen (secondary N) is 2. The highest BCUT2D eigenvalue weighted by molar-refractivity contribution is 6.31. The number of aromatic amines is 1. The van der Waals surface area contributed by atoms with E-state index in [1.807, 2.05) is 66.9 Å². The summed E-state index contributed by atoms with van der Waals surface area (Å²) in [7, 11) is 0. The number of aromatic nitrogens is 2. The van der Waals surface area contributed by atoms with Gasteiger partial charge in [0.25, 0.3) is 11.5 Å². The molecule has 6 heteroatoms. The zero-order chi connectivity index (χ0) is 24.2. The van der Waals surface area contributed by atoms with Crippen LogP contribution in [0, 0.1) is 0 Å². The molecular weight excluding hydrogens is 458 g/mol. The van der Waals surface area contributed by atoms with Crippen LogP contribution in [0.15, 0.2) is 102 Å². The lowest BCUT2D eigenvalue weighted by Crippen LogP contribution is -2.22. The third-order valence-corrected chi connectivity index (χ3v) is 6.28. The normalized spacial score (nSPS) is 11.0. The van der Waals surface area contributed by atoms with Crippen LogP contribution >= 0.6 is 11.6 Å². The third kappa shape index (κ3) is 5.36. The molecule has 0 saturated carbocycles. The first kappa shape index (κ1) is 22.7. The van der Waals surface area contributed by atoms with Crippen LogP contribution in [0.25, 0.3) is 10.9 Å². The fraction of sp³-hybridized carbons (Fsp3) is 0.103. The van der Waals surface area contributed by atoms with Gasteiger partial charge >= 0.3 is 0 Å². The van der Waals surface area contributed by atoms with Crippen molar-refractivity contribution in [3.63, 3.8) is 0 Å². The Morgan fingerprint density at radius 3 is 2.54 bits per heavy atom. The fourth-order valence-corrected chi connectivity index (χ4v) is 4.36. The first-order valence-corrected chi connectivity index (χ1v) is 11.8. The highest BCUT2D eigenvalue weighted by Crippen LogP contribution is 2.22. The van der Waals surface area contributed by atoms with E-state index in [1.54, 1.807) is 22.9 Å². The number of halogens is 1. The van der Waals surface area contributed by atoms with Crippen LogP contribution in [-0.2, 0) is 19.5 Å². The summed E-state index contributed by atoms with van der Waals surface area (Å²) in [6.45, 7) is 0.952. The molecule has 0 atom stereocenters. The van der Waals surface area contributed by atoms with Gasteiger partial charge in [-0.3, -0.25) is 9.59 Å². The number of carbonyl (C=O) groups excluding carboxylic acids is 1. The van der Waals surface area contributed by atoms with Crippen LogP contribution < -0.4 is 10.9 Å². The summed E-state index contributed by atoms with van der Waals surface area (Å²) < 4.78 is 1.68. The summed E-state index contributed by atoms with van der Waals surface area (Å²) in [5.74, 6) is -0.119. The molecule has 0 spiro atoms. The molecule has 0 unspecified atom stereocenters. The van der Waals surface area contributed by atoms with Gasteiger partial charge in [-0.2, -0.15) is 0 Å². The van der Waals surface area contributed by atoms with E-state index in [9.17, 15) is 9.59 Å². The van der Waals surface area contributed by atoms with Crippen molar-refractivity contribution >= 4 is 28.4 Å². The lowest BCUT2D eigenvalue weighted by atomic mass is 10.0. The molecule has 2 aromatic heterocycles. The summed E-state index contributed by atoms with van der Waals surface area (Å²) in [5.41, 5.74) is 5.85. The van der Waals surface area contributed by atoms with E-state index in [-0.39, 0.29) is 11.5 Å². The molecule has 0 saturated heterocycles. The van der Waals surface area contributed by atoms with E-state index >= 15 is 0 Å².